The second kappa shape index (κ2) is 8.62. The molecule has 0 saturated carbocycles. The predicted octanol–water partition coefficient (Wildman–Crippen LogP) is 2.49. The summed E-state index contributed by atoms with van der Waals surface area (Å²) in [5.74, 6) is 1.95. The zero-order valence-electron chi connectivity index (χ0n) is 13.5. The fraction of sp³-hybridized carbons (Fsp3) is 0.167. The molecule has 1 amide bonds. The number of amides is 1. The zero-order valence-corrected chi connectivity index (χ0v) is 15.1. The third-order valence-corrected chi connectivity index (χ3v) is 5.58. The van der Waals surface area contributed by atoms with Gasteiger partial charge >= 0.3 is 0 Å². The van der Waals surface area contributed by atoms with Gasteiger partial charge in [0.05, 0.1) is 18.0 Å². The summed E-state index contributed by atoms with van der Waals surface area (Å²) in [5, 5.41) is 1.94. The molecule has 1 aromatic carbocycles. The Kier molecular flexibility index (Phi) is 6.53. The van der Waals surface area contributed by atoms with Crippen LogP contribution in [0.4, 0.5) is 0 Å². The number of benzene rings is 1. The minimum atomic E-state index is -3.75. The van der Waals surface area contributed by atoms with E-state index >= 15 is 0 Å². The molecule has 0 unspecified atom stereocenters. The lowest BCUT2D eigenvalue weighted by atomic mass is 10.2. The van der Waals surface area contributed by atoms with E-state index in [0.29, 0.717) is 18.7 Å². The van der Waals surface area contributed by atoms with Crippen LogP contribution in [0.3, 0.4) is 0 Å². The number of nitrogens with one attached hydrogen (secondary N) is 1. The Morgan fingerprint density at radius 2 is 2.16 bits per heavy atom. The summed E-state index contributed by atoms with van der Waals surface area (Å²) in [7, 11) is -3.75. The molecule has 130 valence electrons. The van der Waals surface area contributed by atoms with Gasteiger partial charge in [0.25, 0.3) is 5.91 Å². The maximum absolute atomic E-state index is 12.8. The van der Waals surface area contributed by atoms with E-state index in [9.17, 15) is 13.2 Å². The van der Waals surface area contributed by atoms with Crippen molar-refractivity contribution in [2.75, 3.05) is 13.1 Å². The van der Waals surface area contributed by atoms with Crippen LogP contribution in [0.2, 0.25) is 0 Å². The molecule has 0 aliphatic rings. The van der Waals surface area contributed by atoms with Gasteiger partial charge in [-0.15, -0.1) is 24.3 Å². The van der Waals surface area contributed by atoms with Crippen LogP contribution in [0.1, 0.15) is 15.2 Å². The van der Waals surface area contributed by atoms with E-state index in [-0.39, 0.29) is 17.3 Å². The van der Waals surface area contributed by atoms with Crippen molar-refractivity contribution in [1.29, 1.82) is 0 Å². The molecule has 25 heavy (non-hydrogen) atoms. The van der Waals surface area contributed by atoms with E-state index in [1.807, 2.05) is 17.5 Å². The molecule has 0 saturated heterocycles. The summed E-state index contributed by atoms with van der Waals surface area (Å²) in [6.45, 7) is 4.38. The Hall–Kier alpha value is -2.40. The van der Waals surface area contributed by atoms with Gasteiger partial charge in [-0.2, -0.15) is 4.72 Å². The van der Waals surface area contributed by atoms with Gasteiger partial charge in [-0.25, -0.2) is 8.42 Å². The maximum atomic E-state index is 12.8. The van der Waals surface area contributed by atoms with Crippen molar-refractivity contribution >= 4 is 27.3 Å². The van der Waals surface area contributed by atoms with E-state index in [0.717, 1.165) is 4.88 Å². The third-order valence-electron chi connectivity index (χ3n) is 3.32. The molecular formula is C18H18N2O3S2. The zero-order chi connectivity index (χ0) is 18.3. The van der Waals surface area contributed by atoms with Gasteiger partial charge in [-0.3, -0.25) is 4.79 Å². The van der Waals surface area contributed by atoms with E-state index < -0.39 is 10.0 Å². The molecule has 7 heteroatoms. The van der Waals surface area contributed by atoms with Crippen LogP contribution < -0.4 is 4.72 Å². The Labute approximate surface area is 152 Å². The maximum Gasteiger partial charge on any atom is 0.254 e. The van der Waals surface area contributed by atoms with Gasteiger partial charge in [0.2, 0.25) is 10.0 Å². The van der Waals surface area contributed by atoms with E-state index in [1.54, 1.807) is 28.4 Å². The fourth-order valence-corrected chi connectivity index (χ4v) is 3.86. The quantitative estimate of drug-likeness (QED) is 0.570. The highest BCUT2D eigenvalue weighted by Gasteiger charge is 2.19. The number of carbonyl (C=O) groups is 1. The van der Waals surface area contributed by atoms with Gasteiger partial charge in [0.1, 0.15) is 0 Å². The fourth-order valence-electron chi connectivity index (χ4n) is 2.16. The molecule has 0 spiro atoms. The SMILES string of the molecule is C#CCNS(=O)(=O)c1cccc(C(=O)N(CC=C)Cc2cccs2)c1. The number of thiophene rings is 1. The third kappa shape index (κ3) is 5.03. The second-order valence-corrected chi connectivity index (χ2v) is 7.91. The van der Waals surface area contributed by atoms with Gasteiger partial charge in [-0.1, -0.05) is 24.1 Å². The van der Waals surface area contributed by atoms with Crippen LogP contribution in [-0.2, 0) is 16.6 Å². The van der Waals surface area contributed by atoms with Gasteiger partial charge in [0.15, 0.2) is 0 Å². The van der Waals surface area contributed by atoms with Crippen molar-refractivity contribution < 1.29 is 13.2 Å². The topological polar surface area (TPSA) is 66.5 Å². The average Bonchev–Trinajstić information content (AvgIpc) is 3.12. The number of nitrogens with zero attached hydrogens (tertiary/aromatic N) is 1. The summed E-state index contributed by atoms with van der Waals surface area (Å²) in [5.41, 5.74) is 0.294. The highest BCUT2D eigenvalue weighted by atomic mass is 32.2. The first-order valence-electron chi connectivity index (χ1n) is 7.43. The van der Waals surface area contributed by atoms with Crippen molar-refractivity contribution in [3.8, 4) is 12.3 Å². The van der Waals surface area contributed by atoms with Crippen LogP contribution in [0.5, 0.6) is 0 Å². The van der Waals surface area contributed by atoms with Crippen molar-refractivity contribution in [2.24, 2.45) is 0 Å². The summed E-state index contributed by atoms with van der Waals surface area (Å²) < 4.78 is 26.6. The molecule has 1 heterocycles. The first kappa shape index (κ1) is 18.9. The molecule has 2 aromatic rings. The first-order chi connectivity index (χ1) is 12.0. The summed E-state index contributed by atoms with van der Waals surface area (Å²) in [6, 6.07) is 9.76. The smallest absolute Gasteiger partial charge is 0.254 e. The summed E-state index contributed by atoms with van der Waals surface area (Å²) in [6.07, 6.45) is 6.72. The van der Waals surface area contributed by atoms with Crippen LogP contribution in [-0.4, -0.2) is 32.3 Å². The van der Waals surface area contributed by atoms with Crippen molar-refractivity contribution in [3.05, 3.63) is 64.9 Å². The monoisotopic (exact) mass is 374 g/mol. The molecule has 1 N–H and O–H groups in total. The van der Waals surface area contributed by atoms with Gasteiger partial charge < -0.3 is 4.90 Å². The minimum absolute atomic E-state index is 0.00303. The normalized spacial score (nSPS) is 10.8. The molecule has 0 aliphatic heterocycles. The summed E-state index contributed by atoms with van der Waals surface area (Å²) in [4.78, 5) is 15.4. The molecule has 1 aromatic heterocycles. The lowest BCUT2D eigenvalue weighted by molar-refractivity contribution is 0.0764. The highest BCUT2D eigenvalue weighted by Crippen LogP contribution is 2.17. The molecule has 0 aliphatic carbocycles. The number of sulfonamides is 1. The van der Waals surface area contributed by atoms with Crippen LogP contribution in [0.25, 0.3) is 0 Å². The van der Waals surface area contributed by atoms with Crippen LogP contribution >= 0.6 is 11.3 Å². The first-order valence-corrected chi connectivity index (χ1v) is 9.80. The highest BCUT2D eigenvalue weighted by molar-refractivity contribution is 7.89. The molecule has 5 nitrogen and oxygen atoms in total. The number of carbonyl (C=O) groups excluding carboxylic acids is 1. The Morgan fingerprint density at radius 1 is 1.36 bits per heavy atom. The Balaban J connectivity index is 2.26. The molecule has 0 bridgehead atoms. The lowest BCUT2D eigenvalue weighted by Crippen LogP contribution is -2.31. The Morgan fingerprint density at radius 3 is 2.80 bits per heavy atom. The largest absolute Gasteiger partial charge is 0.330 e. The minimum Gasteiger partial charge on any atom is -0.330 e. The number of hydrogen-bond donors (Lipinski definition) is 1. The molecule has 0 radical (unpaired) electrons. The van der Waals surface area contributed by atoms with Crippen LogP contribution in [0, 0.1) is 12.3 Å². The van der Waals surface area contributed by atoms with Crippen molar-refractivity contribution in [2.45, 2.75) is 11.4 Å². The van der Waals surface area contributed by atoms with E-state index in [1.165, 1.54) is 18.2 Å². The van der Waals surface area contributed by atoms with Crippen molar-refractivity contribution in [3.63, 3.8) is 0 Å². The Bertz CT molecular complexity index is 881. The van der Waals surface area contributed by atoms with Gasteiger partial charge in [0, 0.05) is 17.0 Å². The molecule has 0 atom stereocenters. The molecular weight excluding hydrogens is 356 g/mol. The molecule has 0 fully saturated rings. The second-order valence-electron chi connectivity index (χ2n) is 5.11. The molecule has 2 rings (SSSR count). The lowest BCUT2D eigenvalue weighted by Gasteiger charge is -2.21. The number of rotatable bonds is 8. The van der Waals surface area contributed by atoms with E-state index in [2.05, 4.69) is 17.2 Å². The number of hydrogen-bond acceptors (Lipinski definition) is 4. The average molecular weight is 374 g/mol. The van der Waals surface area contributed by atoms with Crippen LogP contribution in [0.15, 0.2) is 59.3 Å². The van der Waals surface area contributed by atoms with E-state index in [4.69, 9.17) is 6.42 Å². The van der Waals surface area contributed by atoms with Gasteiger partial charge in [-0.05, 0) is 29.6 Å². The predicted molar refractivity (Wildman–Crippen MR) is 99.7 cm³/mol. The number of terminal acetylenes is 1. The van der Waals surface area contributed by atoms with Crippen molar-refractivity contribution in [1.82, 2.24) is 9.62 Å². The summed E-state index contributed by atoms with van der Waals surface area (Å²) >= 11 is 1.55. The standard InChI is InChI=1S/C18H18N2O3S2/c1-3-10-19-25(22,23)17-9-5-7-15(13-17)18(21)20(11-4-2)14-16-8-6-12-24-16/h1,4-9,12-13,19H,2,10-11,14H2.